The van der Waals surface area contributed by atoms with Crippen molar-refractivity contribution in [1.82, 2.24) is 10.2 Å². The third-order valence-corrected chi connectivity index (χ3v) is 7.92. The fourth-order valence-electron chi connectivity index (χ4n) is 4.17. The van der Waals surface area contributed by atoms with Gasteiger partial charge in [-0.2, -0.15) is 0 Å². The van der Waals surface area contributed by atoms with Gasteiger partial charge < -0.3 is 15.0 Å². The number of hydrogen-bond acceptors (Lipinski definition) is 5. The van der Waals surface area contributed by atoms with E-state index in [0.29, 0.717) is 5.75 Å². The van der Waals surface area contributed by atoms with Crippen LogP contribution in [-0.2, 0) is 26.2 Å². The van der Waals surface area contributed by atoms with E-state index in [1.807, 2.05) is 0 Å². The van der Waals surface area contributed by atoms with Gasteiger partial charge in [0.15, 0.2) is 0 Å². The molecule has 0 radical (unpaired) electrons. The summed E-state index contributed by atoms with van der Waals surface area (Å²) < 4.78 is 31.5. The van der Waals surface area contributed by atoms with Crippen molar-refractivity contribution in [2.45, 2.75) is 51.2 Å². The molecule has 2 aromatic rings. The maximum absolute atomic E-state index is 13.6. The Morgan fingerprint density at radius 2 is 1.75 bits per heavy atom. The molecule has 0 spiro atoms. The molecule has 1 N–H and O–H groups in total. The molecule has 0 aliphatic heterocycles. The highest BCUT2D eigenvalue weighted by molar-refractivity contribution is 7.92. The minimum absolute atomic E-state index is 0.0793. The fraction of sp³-hybridized carbons (Fsp3) is 0.440. The molecule has 1 aliphatic rings. The SMILES string of the molecule is COc1ccc(CN(C(=O)CN(c2cc(Cl)ccc2Cl)S(C)(=O)=O)C(C)C(=O)NC2CCCC2)cc1. The van der Waals surface area contributed by atoms with Crippen LogP contribution >= 0.6 is 23.2 Å². The predicted molar refractivity (Wildman–Crippen MR) is 142 cm³/mol. The van der Waals surface area contributed by atoms with Crippen LogP contribution in [0.25, 0.3) is 0 Å². The van der Waals surface area contributed by atoms with Gasteiger partial charge in [-0.05, 0) is 55.7 Å². The van der Waals surface area contributed by atoms with Crippen LogP contribution in [0.15, 0.2) is 42.5 Å². The van der Waals surface area contributed by atoms with Crippen LogP contribution in [0.3, 0.4) is 0 Å². The lowest BCUT2D eigenvalue weighted by molar-refractivity contribution is -0.139. The number of nitrogens with one attached hydrogen (secondary N) is 1. The third-order valence-electron chi connectivity index (χ3n) is 6.24. The Hall–Kier alpha value is -2.49. The van der Waals surface area contributed by atoms with Crippen LogP contribution in [0.2, 0.25) is 10.0 Å². The second-order valence-corrected chi connectivity index (χ2v) is 11.7. The maximum Gasteiger partial charge on any atom is 0.244 e. The lowest BCUT2D eigenvalue weighted by atomic mass is 10.1. The van der Waals surface area contributed by atoms with E-state index < -0.39 is 28.5 Å². The number of carbonyl (C=O) groups is 2. The van der Waals surface area contributed by atoms with E-state index in [9.17, 15) is 18.0 Å². The van der Waals surface area contributed by atoms with Gasteiger partial charge in [0.05, 0.1) is 24.1 Å². The quantitative estimate of drug-likeness (QED) is 0.472. The standard InChI is InChI=1S/C25H31Cl2N3O5S/c1-17(25(32)28-20-6-4-5-7-20)29(15-18-8-11-21(35-2)12-9-18)24(31)16-30(36(3,33)34)23-14-19(26)10-13-22(23)27/h8-14,17,20H,4-7,15-16H2,1-3H3,(H,28,32). The monoisotopic (exact) mass is 555 g/mol. The van der Waals surface area contributed by atoms with Crippen LogP contribution in [0.1, 0.15) is 38.2 Å². The van der Waals surface area contributed by atoms with E-state index in [-0.39, 0.29) is 34.2 Å². The van der Waals surface area contributed by atoms with Crippen molar-refractivity contribution in [3.63, 3.8) is 0 Å². The summed E-state index contributed by atoms with van der Waals surface area (Å²) in [5.74, 6) is -0.181. The van der Waals surface area contributed by atoms with E-state index in [4.69, 9.17) is 27.9 Å². The molecule has 1 atom stereocenters. The van der Waals surface area contributed by atoms with Gasteiger partial charge in [-0.25, -0.2) is 8.42 Å². The number of halogens is 2. The molecular formula is C25H31Cl2N3O5S. The van der Waals surface area contributed by atoms with Gasteiger partial charge in [0.1, 0.15) is 18.3 Å². The van der Waals surface area contributed by atoms with Crippen LogP contribution in [0, 0.1) is 0 Å². The topological polar surface area (TPSA) is 96.0 Å². The summed E-state index contributed by atoms with van der Waals surface area (Å²) in [4.78, 5) is 28.1. The van der Waals surface area contributed by atoms with Gasteiger partial charge in [-0.1, -0.05) is 48.2 Å². The highest BCUT2D eigenvalue weighted by Gasteiger charge is 2.32. The zero-order valence-electron chi connectivity index (χ0n) is 20.5. The highest BCUT2D eigenvalue weighted by atomic mass is 35.5. The zero-order chi connectivity index (χ0) is 26.5. The lowest BCUT2D eigenvalue weighted by Crippen LogP contribution is -2.52. The average Bonchev–Trinajstić information content (AvgIpc) is 3.34. The molecule has 11 heteroatoms. The summed E-state index contributed by atoms with van der Waals surface area (Å²) >= 11 is 12.3. The molecule has 1 fully saturated rings. The number of amides is 2. The predicted octanol–water partition coefficient (Wildman–Crippen LogP) is 4.24. The molecule has 1 saturated carbocycles. The van der Waals surface area contributed by atoms with Crippen LogP contribution in [-0.4, -0.2) is 57.1 Å². The average molecular weight is 557 g/mol. The lowest BCUT2D eigenvalue weighted by Gasteiger charge is -2.32. The van der Waals surface area contributed by atoms with Crippen LogP contribution < -0.4 is 14.4 Å². The number of benzene rings is 2. The number of rotatable bonds is 10. The summed E-state index contributed by atoms with van der Waals surface area (Å²) in [6, 6.07) is 10.7. The second kappa shape index (κ2) is 12.2. The molecule has 0 saturated heterocycles. The van der Waals surface area contributed by atoms with E-state index >= 15 is 0 Å². The molecule has 0 heterocycles. The van der Waals surface area contributed by atoms with E-state index in [1.54, 1.807) is 38.3 Å². The van der Waals surface area contributed by atoms with Crippen molar-refractivity contribution < 1.29 is 22.7 Å². The first-order valence-corrected chi connectivity index (χ1v) is 14.3. The van der Waals surface area contributed by atoms with Gasteiger partial charge in [0.25, 0.3) is 0 Å². The largest absolute Gasteiger partial charge is 0.497 e. The molecule has 0 aromatic heterocycles. The Kier molecular flexibility index (Phi) is 9.49. The minimum atomic E-state index is -3.91. The first kappa shape index (κ1) is 28.1. The molecule has 196 valence electrons. The summed E-state index contributed by atoms with van der Waals surface area (Å²) in [7, 11) is -2.35. The summed E-state index contributed by atoms with van der Waals surface area (Å²) in [5.41, 5.74) is 0.851. The normalized spacial score (nSPS) is 14.8. The molecule has 1 aliphatic carbocycles. The zero-order valence-corrected chi connectivity index (χ0v) is 22.9. The first-order valence-electron chi connectivity index (χ1n) is 11.6. The van der Waals surface area contributed by atoms with E-state index in [0.717, 1.165) is 41.8 Å². The van der Waals surface area contributed by atoms with Crippen molar-refractivity contribution in [3.05, 3.63) is 58.1 Å². The Morgan fingerprint density at radius 3 is 2.33 bits per heavy atom. The van der Waals surface area contributed by atoms with Crippen LogP contribution in [0.5, 0.6) is 5.75 Å². The van der Waals surface area contributed by atoms with Crippen molar-refractivity contribution in [3.8, 4) is 5.75 Å². The fourth-order valence-corrected chi connectivity index (χ4v) is 5.46. The smallest absolute Gasteiger partial charge is 0.244 e. The number of methoxy groups -OCH3 is 1. The molecular weight excluding hydrogens is 525 g/mol. The van der Waals surface area contributed by atoms with Gasteiger partial charge in [0.2, 0.25) is 21.8 Å². The van der Waals surface area contributed by atoms with Crippen molar-refractivity contribution in [1.29, 1.82) is 0 Å². The van der Waals surface area contributed by atoms with Gasteiger partial charge >= 0.3 is 0 Å². The molecule has 2 amide bonds. The number of nitrogens with zero attached hydrogens (tertiary/aromatic N) is 2. The summed E-state index contributed by atoms with van der Waals surface area (Å²) in [5, 5.41) is 3.43. The first-order chi connectivity index (χ1) is 17.0. The molecule has 3 rings (SSSR count). The minimum Gasteiger partial charge on any atom is -0.497 e. The van der Waals surface area contributed by atoms with E-state index in [2.05, 4.69) is 5.32 Å². The number of anilines is 1. The number of carbonyl (C=O) groups excluding carboxylic acids is 2. The second-order valence-electron chi connectivity index (χ2n) is 8.90. The Labute approximate surface area is 222 Å². The van der Waals surface area contributed by atoms with E-state index in [1.165, 1.54) is 23.1 Å². The molecule has 0 bridgehead atoms. The van der Waals surface area contributed by atoms with Crippen molar-refractivity contribution >= 4 is 50.7 Å². The summed E-state index contributed by atoms with van der Waals surface area (Å²) in [6.07, 6.45) is 4.90. The molecule has 36 heavy (non-hydrogen) atoms. The molecule has 2 aromatic carbocycles. The molecule has 8 nitrogen and oxygen atoms in total. The van der Waals surface area contributed by atoms with Crippen molar-refractivity contribution in [2.75, 3.05) is 24.2 Å². The van der Waals surface area contributed by atoms with Gasteiger partial charge in [-0.3, -0.25) is 13.9 Å². The summed E-state index contributed by atoms with van der Waals surface area (Å²) in [6.45, 7) is 1.20. The Bertz CT molecular complexity index is 1180. The number of ether oxygens (including phenoxy) is 1. The van der Waals surface area contributed by atoms with Crippen molar-refractivity contribution in [2.24, 2.45) is 0 Å². The Balaban J connectivity index is 1.90. The maximum atomic E-state index is 13.6. The van der Waals surface area contributed by atoms with Gasteiger partial charge in [0, 0.05) is 17.6 Å². The Morgan fingerprint density at radius 1 is 1.11 bits per heavy atom. The number of hydrogen-bond donors (Lipinski definition) is 1. The highest BCUT2D eigenvalue weighted by Crippen LogP contribution is 2.31. The molecule has 1 unspecified atom stereocenters. The van der Waals surface area contributed by atoms with Crippen LogP contribution in [0.4, 0.5) is 5.69 Å². The van der Waals surface area contributed by atoms with Gasteiger partial charge in [-0.15, -0.1) is 0 Å². The number of sulfonamides is 1. The third kappa shape index (κ3) is 7.27.